The van der Waals surface area contributed by atoms with Crippen LogP contribution in [-0.2, 0) is 29.6 Å². The van der Waals surface area contributed by atoms with E-state index in [2.05, 4.69) is 10.3 Å². The van der Waals surface area contributed by atoms with Gasteiger partial charge in [-0.15, -0.1) is 0 Å². The molecule has 0 spiro atoms. The van der Waals surface area contributed by atoms with Crippen LogP contribution in [0.5, 0.6) is 0 Å². The normalized spacial score (nSPS) is 11.8. The lowest BCUT2D eigenvalue weighted by molar-refractivity contribution is -0.384. The van der Waals surface area contributed by atoms with Gasteiger partial charge in [0, 0.05) is 48.4 Å². The summed E-state index contributed by atoms with van der Waals surface area (Å²) in [6, 6.07) is 13.9. The number of carbonyl (C=O) groups excluding carboxylic acids is 2. The molecule has 190 valence electrons. The molecule has 2 aromatic heterocycles. The Kier molecular flexibility index (Phi) is 7.19. The molecule has 4 aromatic rings. The van der Waals surface area contributed by atoms with Gasteiger partial charge >= 0.3 is 5.97 Å². The minimum Gasteiger partial charge on any atom is -0.459 e. The topological polar surface area (TPSA) is 136 Å². The number of H-pyrrole nitrogens is 1. The number of esters is 1. The molecule has 1 amide bonds. The van der Waals surface area contributed by atoms with Crippen molar-refractivity contribution < 1.29 is 19.2 Å². The predicted molar refractivity (Wildman–Crippen MR) is 137 cm³/mol. The highest BCUT2D eigenvalue weighted by Crippen LogP contribution is 2.20. The number of non-ortho nitro benzene ring substituents is 1. The van der Waals surface area contributed by atoms with E-state index in [-0.39, 0.29) is 24.3 Å². The molecule has 4 rings (SSSR count). The van der Waals surface area contributed by atoms with E-state index >= 15 is 0 Å². The summed E-state index contributed by atoms with van der Waals surface area (Å²) in [6.07, 6.45) is 1.89. The highest BCUT2D eigenvalue weighted by molar-refractivity contribution is 5.98. The third-order valence-electron chi connectivity index (χ3n) is 6.31. The fourth-order valence-electron chi connectivity index (χ4n) is 4.17. The Labute approximate surface area is 212 Å². The molecule has 0 saturated heterocycles. The van der Waals surface area contributed by atoms with Gasteiger partial charge in [0.2, 0.25) is 0 Å². The molecule has 0 fully saturated rings. The second-order valence-corrected chi connectivity index (χ2v) is 8.83. The zero-order valence-electron chi connectivity index (χ0n) is 20.6. The van der Waals surface area contributed by atoms with Crippen LogP contribution in [0.4, 0.5) is 5.69 Å². The fourth-order valence-corrected chi connectivity index (χ4v) is 4.17. The van der Waals surface area contributed by atoms with Gasteiger partial charge in [-0.3, -0.25) is 19.7 Å². The number of nitro groups is 1. The van der Waals surface area contributed by atoms with Crippen molar-refractivity contribution in [1.82, 2.24) is 14.9 Å². The third kappa shape index (κ3) is 5.43. The van der Waals surface area contributed by atoms with Crippen LogP contribution < -0.4 is 10.9 Å². The summed E-state index contributed by atoms with van der Waals surface area (Å²) in [4.78, 5) is 52.7. The Morgan fingerprint density at radius 3 is 2.54 bits per heavy atom. The standard InChI is InChI=1S/C27H26N4O6/c1-16-12-17(2)30(3)26(33)24(16)25(32)29-23(13-19-14-28-22-7-5-4-6-21(19)22)27(34)37-15-18-8-10-20(11-9-18)31(35)36/h4-12,14,23,28H,13,15H2,1-3H3,(H,29,32). The van der Waals surface area contributed by atoms with E-state index in [9.17, 15) is 24.5 Å². The number of nitrogens with zero attached hydrogens (tertiary/aromatic N) is 2. The Hall–Kier alpha value is -4.73. The predicted octanol–water partition coefficient (Wildman–Crippen LogP) is 3.48. The van der Waals surface area contributed by atoms with Crippen LogP contribution in [0.25, 0.3) is 10.9 Å². The first-order chi connectivity index (χ1) is 17.7. The van der Waals surface area contributed by atoms with Crippen LogP contribution in [0.15, 0.2) is 65.6 Å². The summed E-state index contributed by atoms with van der Waals surface area (Å²) >= 11 is 0. The molecule has 10 nitrogen and oxygen atoms in total. The van der Waals surface area contributed by atoms with Gasteiger partial charge in [0.25, 0.3) is 17.2 Å². The monoisotopic (exact) mass is 502 g/mol. The van der Waals surface area contributed by atoms with E-state index in [1.54, 1.807) is 33.2 Å². The first-order valence-corrected chi connectivity index (χ1v) is 11.6. The van der Waals surface area contributed by atoms with Crippen molar-refractivity contribution >= 4 is 28.5 Å². The average Bonchev–Trinajstić information content (AvgIpc) is 3.28. The Bertz CT molecular complexity index is 1550. The zero-order chi connectivity index (χ0) is 26.7. The van der Waals surface area contributed by atoms with Gasteiger partial charge in [-0.2, -0.15) is 0 Å². The molecule has 0 aliphatic rings. The number of hydrogen-bond donors (Lipinski definition) is 2. The van der Waals surface area contributed by atoms with Crippen molar-refractivity contribution in [1.29, 1.82) is 0 Å². The lowest BCUT2D eigenvalue weighted by Gasteiger charge is -2.19. The number of hydrogen-bond acceptors (Lipinski definition) is 6. The number of benzene rings is 2. The van der Waals surface area contributed by atoms with Crippen LogP contribution in [0.2, 0.25) is 0 Å². The van der Waals surface area contributed by atoms with Gasteiger partial charge in [-0.1, -0.05) is 18.2 Å². The number of nitrogens with one attached hydrogen (secondary N) is 2. The van der Waals surface area contributed by atoms with Gasteiger partial charge in [-0.25, -0.2) is 4.79 Å². The lowest BCUT2D eigenvalue weighted by atomic mass is 10.0. The molecule has 0 saturated carbocycles. The smallest absolute Gasteiger partial charge is 0.329 e. The summed E-state index contributed by atoms with van der Waals surface area (Å²) in [6.45, 7) is 3.30. The lowest BCUT2D eigenvalue weighted by Crippen LogP contribution is -2.45. The summed E-state index contributed by atoms with van der Waals surface area (Å²) in [5.74, 6) is -1.37. The van der Waals surface area contributed by atoms with E-state index in [1.165, 1.54) is 28.8 Å². The highest BCUT2D eigenvalue weighted by atomic mass is 16.6. The first-order valence-electron chi connectivity index (χ1n) is 11.6. The van der Waals surface area contributed by atoms with Crippen molar-refractivity contribution in [3.63, 3.8) is 0 Å². The fraction of sp³-hybridized carbons (Fsp3) is 0.222. The number of aryl methyl sites for hydroxylation is 2. The van der Waals surface area contributed by atoms with Crippen molar-refractivity contribution in [2.75, 3.05) is 0 Å². The summed E-state index contributed by atoms with van der Waals surface area (Å²) < 4.78 is 6.85. The quantitative estimate of drug-likeness (QED) is 0.215. The maximum Gasteiger partial charge on any atom is 0.329 e. The third-order valence-corrected chi connectivity index (χ3v) is 6.31. The van der Waals surface area contributed by atoms with Gasteiger partial charge < -0.3 is 19.6 Å². The zero-order valence-corrected chi connectivity index (χ0v) is 20.6. The minimum atomic E-state index is -1.09. The molecule has 2 N–H and O–H groups in total. The summed E-state index contributed by atoms with van der Waals surface area (Å²) in [5.41, 5.74) is 2.86. The molecule has 0 radical (unpaired) electrons. The Morgan fingerprint density at radius 1 is 1.14 bits per heavy atom. The highest BCUT2D eigenvalue weighted by Gasteiger charge is 2.27. The molecule has 0 aliphatic heterocycles. The number of aromatic amines is 1. The van der Waals surface area contributed by atoms with Crippen LogP contribution in [0.1, 0.15) is 32.7 Å². The van der Waals surface area contributed by atoms with Crippen LogP contribution in [-0.4, -0.2) is 32.4 Å². The van der Waals surface area contributed by atoms with Crippen molar-refractivity contribution in [2.24, 2.45) is 7.05 Å². The van der Waals surface area contributed by atoms with Crippen molar-refractivity contribution in [2.45, 2.75) is 32.9 Å². The minimum absolute atomic E-state index is 0.0415. The van der Waals surface area contributed by atoms with Gasteiger partial charge in [0.15, 0.2) is 0 Å². The number of para-hydroxylation sites is 1. The molecule has 37 heavy (non-hydrogen) atoms. The average molecular weight is 503 g/mol. The van der Waals surface area contributed by atoms with E-state index in [4.69, 9.17) is 4.74 Å². The van der Waals surface area contributed by atoms with Crippen LogP contribution >= 0.6 is 0 Å². The van der Waals surface area contributed by atoms with Gasteiger partial charge in [-0.05, 0) is 54.8 Å². The number of carbonyl (C=O) groups is 2. The van der Waals surface area contributed by atoms with E-state index in [0.29, 0.717) is 16.8 Å². The van der Waals surface area contributed by atoms with Crippen LogP contribution in [0.3, 0.4) is 0 Å². The van der Waals surface area contributed by atoms with Crippen LogP contribution in [0, 0.1) is 24.0 Å². The maximum absolute atomic E-state index is 13.2. The Morgan fingerprint density at radius 2 is 1.84 bits per heavy atom. The van der Waals surface area contributed by atoms with Crippen molar-refractivity contribution in [3.8, 4) is 0 Å². The van der Waals surface area contributed by atoms with Crippen molar-refractivity contribution in [3.05, 3.63) is 109 Å². The van der Waals surface area contributed by atoms with E-state index in [0.717, 1.165) is 16.5 Å². The van der Waals surface area contributed by atoms with Gasteiger partial charge in [0.05, 0.1) is 4.92 Å². The molecular weight excluding hydrogens is 476 g/mol. The number of rotatable bonds is 8. The number of fused-ring (bicyclic) bond motifs is 1. The molecule has 2 heterocycles. The molecular formula is C27H26N4O6. The molecule has 1 atom stereocenters. The number of amides is 1. The molecule has 1 unspecified atom stereocenters. The number of nitro benzene ring substituents is 1. The number of ether oxygens (including phenoxy) is 1. The Balaban J connectivity index is 1.59. The molecule has 0 aliphatic carbocycles. The SMILES string of the molecule is Cc1cc(C)n(C)c(=O)c1C(=O)NC(Cc1c[nH]c2ccccc12)C(=O)OCc1ccc([N+](=O)[O-])cc1. The molecule has 0 bridgehead atoms. The second-order valence-electron chi connectivity index (χ2n) is 8.83. The number of aromatic nitrogens is 2. The number of pyridine rings is 1. The first kappa shape index (κ1) is 25.4. The molecule has 10 heteroatoms. The summed E-state index contributed by atoms with van der Waals surface area (Å²) in [5, 5.41) is 14.5. The molecule has 2 aromatic carbocycles. The summed E-state index contributed by atoms with van der Waals surface area (Å²) in [7, 11) is 1.58. The van der Waals surface area contributed by atoms with E-state index in [1.807, 2.05) is 24.3 Å². The van der Waals surface area contributed by atoms with E-state index < -0.39 is 28.4 Å². The largest absolute Gasteiger partial charge is 0.459 e. The maximum atomic E-state index is 13.2. The second kappa shape index (κ2) is 10.5. The van der Waals surface area contributed by atoms with Gasteiger partial charge in [0.1, 0.15) is 18.2 Å².